The van der Waals surface area contributed by atoms with Gasteiger partial charge in [0, 0.05) is 31.1 Å². The number of rotatable bonds is 4. The highest BCUT2D eigenvalue weighted by Gasteiger charge is 2.56. The van der Waals surface area contributed by atoms with Crippen molar-refractivity contribution in [2.24, 2.45) is 0 Å². The summed E-state index contributed by atoms with van der Waals surface area (Å²) in [6, 6.07) is 19.9. The normalized spacial score (nSPS) is 23.8. The smallest absolute Gasteiger partial charge is 0.320 e. The number of aromatic nitrogens is 2. The first kappa shape index (κ1) is 20.5. The van der Waals surface area contributed by atoms with Crippen molar-refractivity contribution < 1.29 is 14.4 Å². The van der Waals surface area contributed by atoms with Crippen molar-refractivity contribution in [3.05, 3.63) is 78.5 Å². The molecule has 5 amide bonds. The zero-order valence-corrected chi connectivity index (χ0v) is 18.4. The number of piperazine rings is 1. The molecule has 172 valence electrons. The minimum atomic E-state index is -0.636. The second kappa shape index (κ2) is 8.02. The van der Waals surface area contributed by atoms with Crippen molar-refractivity contribution in [2.45, 2.75) is 24.4 Å². The summed E-state index contributed by atoms with van der Waals surface area (Å²) in [6.07, 6.45) is 2.41. The number of hydrogen-bond acceptors (Lipinski definition) is 4. The highest BCUT2D eigenvalue weighted by Crippen LogP contribution is 2.46. The van der Waals surface area contributed by atoms with Gasteiger partial charge in [-0.05, 0) is 24.1 Å². The highest BCUT2D eigenvalue weighted by atomic mass is 16.2. The number of imide groups is 1. The molecule has 3 aliphatic rings. The van der Waals surface area contributed by atoms with E-state index in [1.54, 1.807) is 26.7 Å². The highest BCUT2D eigenvalue weighted by molar-refractivity contribution is 6.05. The van der Waals surface area contributed by atoms with Crippen molar-refractivity contribution >= 4 is 23.8 Å². The first-order valence-electron chi connectivity index (χ1n) is 11.5. The van der Waals surface area contributed by atoms with E-state index in [1.807, 2.05) is 60.7 Å². The summed E-state index contributed by atoms with van der Waals surface area (Å²) in [6.45, 7) is 0.871. The molecule has 3 aromatic rings. The largest absolute Gasteiger partial charge is 0.327 e. The standard InChI is InChI=1S/C25H24N6O3/c32-23-21-16-28(24(33)27-22-11-12-26-31(22)18-9-5-2-6-10-18)13-14-29(21)25(34)30(23)20-15-19(20)17-7-3-1-4-8-17/h1-12,19-21H,13-16H2,(H,27,33)/t19-,20+,21?/m1/s1. The van der Waals surface area contributed by atoms with Crippen LogP contribution in [0.1, 0.15) is 17.9 Å². The van der Waals surface area contributed by atoms with Gasteiger partial charge in [-0.1, -0.05) is 48.5 Å². The van der Waals surface area contributed by atoms with E-state index >= 15 is 0 Å². The molecule has 0 radical (unpaired) electrons. The molecule has 34 heavy (non-hydrogen) atoms. The second-order valence-electron chi connectivity index (χ2n) is 8.86. The van der Waals surface area contributed by atoms with Crippen LogP contribution in [0.25, 0.3) is 5.69 Å². The van der Waals surface area contributed by atoms with Gasteiger partial charge in [0.1, 0.15) is 11.9 Å². The molecule has 2 aliphatic heterocycles. The number of carbonyl (C=O) groups excluding carboxylic acids is 3. The number of para-hydroxylation sites is 1. The van der Waals surface area contributed by atoms with Crippen molar-refractivity contribution in [3.8, 4) is 5.69 Å². The Hall–Kier alpha value is -4.14. The molecule has 3 atom stereocenters. The number of hydrogen-bond donors (Lipinski definition) is 1. The molecule has 0 bridgehead atoms. The predicted octanol–water partition coefficient (Wildman–Crippen LogP) is 2.91. The average Bonchev–Trinajstić information content (AvgIpc) is 3.45. The maximum absolute atomic E-state index is 13.2. The Morgan fingerprint density at radius 2 is 1.68 bits per heavy atom. The molecule has 1 saturated carbocycles. The van der Waals surface area contributed by atoms with Crippen LogP contribution >= 0.6 is 0 Å². The number of anilines is 1. The summed E-state index contributed by atoms with van der Waals surface area (Å²) in [4.78, 5) is 43.9. The molecular weight excluding hydrogens is 432 g/mol. The van der Waals surface area contributed by atoms with E-state index in [1.165, 1.54) is 4.90 Å². The zero-order chi connectivity index (χ0) is 23.2. The molecule has 6 rings (SSSR count). The predicted molar refractivity (Wildman–Crippen MR) is 124 cm³/mol. The lowest BCUT2D eigenvalue weighted by Gasteiger charge is -2.35. The Balaban J connectivity index is 1.14. The number of nitrogens with one attached hydrogen (secondary N) is 1. The van der Waals surface area contributed by atoms with E-state index in [9.17, 15) is 14.4 Å². The van der Waals surface area contributed by atoms with E-state index in [4.69, 9.17) is 0 Å². The Bertz CT molecular complexity index is 1240. The topological polar surface area (TPSA) is 90.8 Å². The number of urea groups is 2. The van der Waals surface area contributed by atoms with Crippen LogP contribution in [0.5, 0.6) is 0 Å². The van der Waals surface area contributed by atoms with Crippen LogP contribution in [-0.4, -0.2) is 74.2 Å². The molecule has 9 heteroatoms. The Kier molecular flexibility index (Phi) is 4.83. The van der Waals surface area contributed by atoms with Crippen molar-refractivity contribution in [1.82, 2.24) is 24.5 Å². The molecule has 0 spiro atoms. The van der Waals surface area contributed by atoms with Gasteiger partial charge in [-0.15, -0.1) is 0 Å². The van der Waals surface area contributed by atoms with Crippen LogP contribution < -0.4 is 5.32 Å². The summed E-state index contributed by atoms with van der Waals surface area (Å²) < 4.78 is 1.65. The molecule has 1 N–H and O–H groups in total. The SMILES string of the molecule is O=C(Nc1ccnn1-c1ccccc1)N1CCN2C(=O)N([C@H]3C[C@@H]3c3ccccc3)C(=O)C2C1. The number of nitrogens with zero attached hydrogens (tertiary/aromatic N) is 5. The monoisotopic (exact) mass is 456 g/mol. The Morgan fingerprint density at radius 3 is 2.44 bits per heavy atom. The lowest BCUT2D eigenvalue weighted by molar-refractivity contribution is -0.129. The fourth-order valence-electron chi connectivity index (χ4n) is 4.99. The molecule has 1 aliphatic carbocycles. The van der Waals surface area contributed by atoms with Gasteiger partial charge >= 0.3 is 12.1 Å². The molecule has 1 aromatic heterocycles. The lowest BCUT2D eigenvalue weighted by atomic mass is 10.1. The molecule has 3 heterocycles. The molecular formula is C25H24N6O3. The molecule has 9 nitrogen and oxygen atoms in total. The number of benzene rings is 2. The van der Waals surface area contributed by atoms with Gasteiger partial charge in [0.2, 0.25) is 0 Å². The van der Waals surface area contributed by atoms with Crippen LogP contribution in [0.15, 0.2) is 72.9 Å². The van der Waals surface area contributed by atoms with E-state index in [-0.39, 0.29) is 36.5 Å². The molecule has 2 saturated heterocycles. The van der Waals surface area contributed by atoms with Crippen molar-refractivity contribution in [3.63, 3.8) is 0 Å². The van der Waals surface area contributed by atoms with Crippen LogP contribution in [-0.2, 0) is 4.79 Å². The zero-order valence-electron chi connectivity index (χ0n) is 18.4. The first-order valence-corrected chi connectivity index (χ1v) is 11.5. The molecule has 1 unspecified atom stereocenters. The van der Waals surface area contributed by atoms with E-state index in [2.05, 4.69) is 10.4 Å². The average molecular weight is 457 g/mol. The van der Waals surface area contributed by atoms with Gasteiger partial charge in [-0.25, -0.2) is 14.3 Å². The fourth-order valence-corrected chi connectivity index (χ4v) is 4.99. The summed E-state index contributed by atoms with van der Waals surface area (Å²) in [5, 5.41) is 7.20. The third kappa shape index (κ3) is 3.40. The first-order chi connectivity index (χ1) is 16.6. The van der Waals surface area contributed by atoms with Gasteiger partial charge in [-0.3, -0.25) is 15.0 Å². The van der Waals surface area contributed by atoms with Gasteiger partial charge in [-0.2, -0.15) is 5.10 Å². The third-order valence-electron chi connectivity index (χ3n) is 6.84. The van der Waals surface area contributed by atoms with E-state index in [0.29, 0.717) is 18.9 Å². The quantitative estimate of drug-likeness (QED) is 0.612. The van der Waals surface area contributed by atoms with E-state index < -0.39 is 6.04 Å². The van der Waals surface area contributed by atoms with Crippen LogP contribution in [0.2, 0.25) is 0 Å². The maximum atomic E-state index is 13.2. The Labute approximate surface area is 196 Å². The van der Waals surface area contributed by atoms with Gasteiger partial charge in [0.25, 0.3) is 5.91 Å². The minimum Gasteiger partial charge on any atom is -0.320 e. The summed E-state index contributed by atoms with van der Waals surface area (Å²) in [7, 11) is 0. The Morgan fingerprint density at radius 1 is 0.941 bits per heavy atom. The van der Waals surface area contributed by atoms with E-state index in [0.717, 1.165) is 17.7 Å². The summed E-state index contributed by atoms with van der Waals surface area (Å²) in [5.41, 5.74) is 1.98. The molecule has 2 aromatic carbocycles. The van der Waals surface area contributed by atoms with Gasteiger partial charge in [0.05, 0.1) is 18.4 Å². The second-order valence-corrected chi connectivity index (χ2v) is 8.86. The lowest BCUT2D eigenvalue weighted by Crippen LogP contribution is -2.55. The van der Waals surface area contributed by atoms with Crippen molar-refractivity contribution in [1.29, 1.82) is 0 Å². The maximum Gasteiger partial charge on any atom is 0.327 e. The fraction of sp³-hybridized carbons (Fsp3) is 0.280. The summed E-state index contributed by atoms with van der Waals surface area (Å²) >= 11 is 0. The minimum absolute atomic E-state index is 0.101. The number of carbonyl (C=O) groups is 3. The third-order valence-corrected chi connectivity index (χ3v) is 6.84. The van der Waals surface area contributed by atoms with Crippen LogP contribution in [0.4, 0.5) is 15.4 Å². The van der Waals surface area contributed by atoms with Gasteiger partial charge < -0.3 is 9.80 Å². The van der Waals surface area contributed by atoms with Gasteiger partial charge in [0.15, 0.2) is 0 Å². The summed E-state index contributed by atoms with van der Waals surface area (Å²) in [5.74, 6) is 0.520. The number of fused-ring (bicyclic) bond motifs is 1. The van der Waals surface area contributed by atoms with Crippen LogP contribution in [0, 0.1) is 0 Å². The van der Waals surface area contributed by atoms with Crippen molar-refractivity contribution in [2.75, 3.05) is 25.0 Å². The van der Waals surface area contributed by atoms with Crippen LogP contribution in [0.3, 0.4) is 0 Å². The number of amides is 5. The molecule has 3 fully saturated rings.